The number of aryl methyl sites for hydroxylation is 1. The lowest BCUT2D eigenvalue weighted by Gasteiger charge is -2.31. The second-order valence-corrected chi connectivity index (χ2v) is 7.13. The van der Waals surface area contributed by atoms with Gasteiger partial charge in [-0.15, -0.1) is 24.8 Å². The van der Waals surface area contributed by atoms with Crippen molar-refractivity contribution in [3.63, 3.8) is 0 Å². The van der Waals surface area contributed by atoms with E-state index in [2.05, 4.69) is 30.1 Å². The Kier molecular flexibility index (Phi) is 9.78. The Bertz CT molecular complexity index is 712. The molecule has 2 N–H and O–H groups in total. The highest BCUT2D eigenvalue weighted by atomic mass is 35.5. The summed E-state index contributed by atoms with van der Waals surface area (Å²) in [5.41, 5.74) is 9.39. The Morgan fingerprint density at radius 3 is 2.63 bits per heavy atom. The number of rotatable bonds is 5. The maximum absolute atomic E-state index is 13.2. The Morgan fingerprint density at radius 1 is 1.15 bits per heavy atom. The minimum atomic E-state index is 0. The van der Waals surface area contributed by atoms with Gasteiger partial charge < -0.3 is 10.6 Å². The number of hydrogen-bond acceptors (Lipinski definition) is 3. The third-order valence-electron chi connectivity index (χ3n) is 4.91. The summed E-state index contributed by atoms with van der Waals surface area (Å²) in [5, 5.41) is 0. The van der Waals surface area contributed by atoms with Crippen molar-refractivity contribution in [2.45, 2.75) is 51.7 Å². The van der Waals surface area contributed by atoms with Gasteiger partial charge in [-0.25, -0.2) is 0 Å². The minimum absolute atomic E-state index is 0. The zero-order valence-electron chi connectivity index (χ0n) is 15.7. The lowest BCUT2D eigenvalue weighted by atomic mass is 9.85. The number of halogens is 2. The fourth-order valence-corrected chi connectivity index (χ4v) is 3.64. The predicted octanol–water partition coefficient (Wildman–Crippen LogP) is 4.28. The van der Waals surface area contributed by atoms with E-state index in [1.165, 1.54) is 5.56 Å². The molecule has 1 aromatic heterocycles. The maximum Gasteiger partial charge on any atom is 0.226 e. The second-order valence-electron chi connectivity index (χ2n) is 7.13. The molecule has 0 saturated heterocycles. The van der Waals surface area contributed by atoms with Gasteiger partial charge in [0.25, 0.3) is 0 Å². The Balaban J connectivity index is 0.00000182. The van der Waals surface area contributed by atoms with Gasteiger partial charge in [0.1, 0.15) is 0 Å². The minimum Gasteiger partial charge on any atom is -0.332 e. The molecule has 1 aliphatic carbocycles. The number of nitrogens with zero attached hydrogens (tertiary/aromatic N) is 2. The fourth-order valence-electron chi connectivity index (χ4n) is 3.64. The molecule has 27 heavy (non-hydrogen) atoms. The predicted molar refractivity (Wildman–Crippen MR) is 114 cm³/mol. The van der Waals surface area contributed by atoms with Crippen molar-refractivity contribution >= 4 is 30.7 Å². The molecule has 1 aliphatic rings. The van der Waals surface area contributed by atoms with E-state index in [9.17, 15) is 4.79 Å². The monoisotopic (exact) mass is 409 g/mol. The fraction of sp³-hybridized carbons (Fsp3) is 0.429. The molecule has 0 spiro atoms. The number of hydrogen-bond donors (Lipinski definition) is 1. The van der Waals surface area contributed by atoms with Crippen LogP contribution in [0, 0.1) is 12.8 Å². The highest BCUT2D eigenvalue weighted by Gasteiger charge is 2.29. The van der Waals surface area contributed by atoms with Gasteiger partial charge in [0, 0.05) is 24.7 Å². The molecule has 2 aromatic rings. The molecule has 1 fully saturated rings. The third kappa shape index (κ3) is 6.80. The van der Waals surface area contributed by atoms with Crippen molar-refractivity contribution in [3.05, 3.63) is 65.5 Å². The van der Waals surface area contributed by atoms with E-state index in [0.717, 1.165) is 36.9 Å². The standard InChI is InChI=1S/C21H27N3O.2ClH/c1-16-6-4-7-17(12-16)14-24(15-20-10-2-3-11-23-20)21(25)18-8-5-9-19(22)13-18;;/h2-4,6-7,10-12,18-19H,5,8-9,13-15,22H2,1H3;2*1H. The van der Waals surface area contributed by atoms with Crippen LogP contribution in [-0.2, 0) is 17.9 Å². The molecule has 3 rings (SSSR count). The molecule has 1 aromatic carbocycles. The summed E-state index contributed by atoms with van der Waals surface area (Å²) < 4.78 is 0. The lowest BCUT2D eigenvalue weighted by Crippen LogP contribution is -2.40. The van der Waals surface area contributed by atoms with E-state index in [0.29, 0.717) is 13.1 Å². The number of amides is 1. The summed E-state index contributed by atoms with van der Waals surface area (Å²) in [6.45, 7) is 3.23. The first-order chi connectivity index (χ1) is 12.1. The molecule has 1 heterocycles. The molecule has 1 amide bonds. The van der Waals surface area contributed by atoms with Crippen LogP contribution in [0.25, 0.3) is 0 Å². The molecular weight excluding hydrogens is 381 g/mol. The van der Waals surface area contributed by atoms with Crippen LogP contribution in [0.3, 0.4) is 0 Å². The van der Waals surface area contributed by atoms with Crippen LogP contribution in [0.1, 0.15) is 42.5 Å². The van der Waals surface area contributed by atoms with Gasteiger partial charge in [0.05, 0.1) is 12.2 Å². The van der Waals surface area contributed by atoms with Crippen molar-refractivity contribution < 1.29 is 4.79 Å². The first kappa shape index (κ1) is 23.4. The molecule has 6 heteroatoms. The van der Waals surface area contributed by atoms with Gasteiger partial charge >= 0.3 is 0 Å². The summed E-state index contributed by atoms with van der Waals surface area (Å²) >= 11 is 0. The van der Waals surface area contributed by atoms with E-state index in [1.54, 1.807) is 6.20 Å². The Morgan fingerprint density at radius 2 is 1.96 bits per heavy atom. The van der Waals surface area contributed by atoms with E-state index < -0.39 is 0 Å². The molecule has 0 aliphatic heterocycles. The summed E-state index contributed by atoms with van der Waals surface area (Å²) in [6, 6.07) is 14.3. The molecule has 148 valence electrons. The topological polar surface area (TPSA) is 59.2 Å². The van der Waals surface area contributed by atoms with Crippen molar-refractivity contribution in [3.8, 4) is 0 Å². The average Bonchev–Trinajstić information content (AvgIpc) is 2.61. The van der Waals surface area contributed by atoms with Gasteiger partial charge in [-0.2, -0.15) is 0 Å². The third-order valence-corrected chi connectivity index (χ3v) is 4.91. The van der Waals surface area contributed by atoms with Crippen LogP contribution in [-0.4, -0.2) is 21.8 Å². The number of benzene rings is 1. The van der Waals surface area contributed by atoms with Gasteiger partial charge in [-0.1, -0.05) is 42.3 Å². The van der Waals surface area contributed by atoms with Crippen LogP contribution < -0.4 is 5.73 Å². The summed E-state index contributed by atoms with van der Waals surface area (Å²) in [6.07, 6.45) is 5.59. The van der Waals surface area contributed by atoms with Crippen molar-refractivity contribution in [2.75, 3.05) is 0 Å². The number of carbonyl (C=O) groups excluding carboxylic acids is 1. The van der Waals surface area contributed by atoms with Crippen molar-refractivity contribution in [1.82, 2.24) is 9.88 Å². The zero-order chi connectivity index (χ0) is 17.6. The number of nitrogens with two attached hydrogens (primary N) is 1. The maximum atomic E-state index is 13.2. The summed E-state index contributed by atoms with van der Waals surface area (Å²) in [4.78, 5) is 19.5. The SMILES string of the molecule is Cc1cccc(CN(Cc2ccccn2)C(=O)C2CCCC(N)C2)c1.Cl.Cl. The molecule has 1 saturated carbocycles. The first-order valence-corrected chi connectivity index (χ1v) is 9.11. The van der Waals surface area contributed by atoms with E-state index in [-0.39, 0.29) is 42.7 Å². The van der Waals surface area contributed by atoms with Gasteiger partial charge in [0.2, 0.25) is 5.91 Å². The molecule has 2 unspecified atom stereocenters. The van der Waals surface area contributed by atoms with Crippen molar-refractivity contribution in [1.29, 1.82) is 0 Å². The lowest BCUT2D eigenvalue weighted by molar-refractivity contribution is -0.138. The smallest absolute Gasteiger partial charge is 0.226 e. The van der Waals surface area contributed by atoms with Gasteiger partial charge in [-0.3, -0.25) is 9.78 Å². The van der Waals surface area contributed by atoms with Crippen LogP contribution in [0.2, 0.25) is 0 Å². The average molecular weight is 410 g/mol. The van der Waals surface area contributed by atoms with Gasteiger partial charge in [-0.05, 0) is 43.9 Å². The number of pyridine rings is 1. The van der Waals surface area contributed by atoms with Crippen LogP contribution >= 0.6 is 24.8 Å². The van der Waals surface area contributed by atoms with Crippen LogP contribution in [0.15, 0.2) is 48.7 Å². The van der Waals surface area contributed by atoms with E-state index in [4.69, 9.17) is 5.73 Å². The van der Waals surface area contributed by atoms with Crippen LogP contribution in [0.5, 0.6) is 0 Å². The summed E-state index contributed by atoms with van der Waals surface area (Å²) in [5.74, 6) is 0.250. The largest absolute Gasteiger partial charge is 0.332 e. The Labute approximate surface area is 174 Å². The summed E-state index contributed by atoms with van der Waals surface area (Å²) in [7, 11) is 0. The van der Waals surface area contributed by atoms with Crippen molar-refractivity contribution in [2.24, 2.45) is 11.7 Å². The first-order valence-electron chi connectivity index (χ1n) is 9.11. The van der Waals surface area contributed by atoms with Crippen LogP contribution in [0.4, 0.5) is 0 Å². The number of carbonyl (C=O) groups is 1. The highest BCUT2D eigenvalue weighted by Crippen LogP contribution is 2.26. The van der Waals surface area contributed by atoms with Gasteiger partial charge in [0.15, 0.2) is 0 Å². The molecule has 2 atom stereocenters. The van der Waals surface area contributed by atoms with E-state index in [1.807, 2.05) is 29.2 Å². The molecule has 4 nitrogen and oxygen atoms in total. The zero-order valence-corrected chi connectivity index (χ0v) is 17.3. The highest BCUT2D eigenvalue weighted by molar-refractivity contribution is 5.85. The molecule has 0 bridgehead atoms. The molecule has 0 radical (unpaired) electrons. The van der Waals surface area contributed by atoms with E-state index >= 15 is 0 Å². The Hall–Kier alpha value is -1.62. The number of aromatic nitrogens is 1. The quantitative estimate of drug-likeness (QED) is 0.801. The molecular formula is C21H29Cl2N3O. The normalized spacial score (nSPS) is 18.7. The second kappa shape index (κ2) is 11.3.